The number of hydrogen-bond acceptors (Lipinski definition) is 8. The van der Waals surface area contributed by atoms with Crippen molar-refractivity contribution in [3.8, 4) is 0 Å². The van der Waals surface area contributed by atoms with Crippen molar-refractivity contribution in [2.45, 2.75) is 30.4 Å². The highest BCUT2D eigenvalue weighted by molar-refractivity contribution is 7.91. The van der Waals surface area contributed by atoms with E-state index in [1.165, 1.54) is 0 Å². The van der Waals surface area contributed by atoms with E-state index in [0.29, 0.717) is 24.5 Å². The van der Waals surface area contributed by atoms with Gasteiger partial charge < -0.3 is 20.1 Å². The SMILES string of the molecule is CCCS(=O)(=O)c1c(N)nsc1N1CC(OC)C(OC)C1. The number of aromatic nitrogens is 1. The average molecular weight is 335 g/mol. The highest BCUT2D eigenvalue weighted by Crippen LogP contribution is 2.37. The maximum absolute atomic E-state index is 12.4. The number of nitrogens with two attached hydrogens (primary N) is 1. The van der Waals surface area contributed by atoms with E-state index in [1.54, 1.807) is 14.2 Å². The summed E-state index contributed by atoms with van der Waals surface area (Å²) in [6.45, 7) is 2.95. The number of methoxy groups -OCH3 is 2. The largest absolute Gasteiger partial charge is 0.382 e. The molecule has 1 fully saturated rings. The lowest BCUT2D eigenvalue weighted by Crippen LogP contribution is -2.27. The lowest BCUT2D eigenvalue weighted by molar-refractivity contribution is -0.00461. The Balaban J connectivity index is 2.35. The Kier molecular flexibility index (Phi) is 5.07. The van der Waals surface area contributed by atoms with E-state index >= 15 is 0 Å². The Morgan fingerprint density at radius 3 is 2.38 bits per heavy atom. The third-order valence-corrected chi connectivity index (χ3v) is 6.57. The van der Waals surface area contributed by atoms with Crippen LogP contribution in [0.1, 0.15) is 13.3 Å². The van der Waals surface area contributed by atoms with Gasteiger partial charge in [0.05, 0.1) is 5.75 Å². The van der Waals surface area contributed by atoms with Crippen molar-refractivity contribution in [2.24, 2.45) is 0 Å². The van der Waals surface area contributed by atoms with E-state index in [0.717, 1.165) is 11.5 Å². The quantitative estimate of drug-likeness (QED) is 0.820. The maximum Gasteiger partial charge on any atom is 0.185 e. The van der Waals surface area contributed by atoms with Gasteiger partial charge in [0.1, 0.15) is 22.1 Å². The number of nitrogen functional groups attached to an aromatic ring is 1. The highest BCUT2D eigenvalue weighted by Gasteiger charge is 2.37. The summed E-state index contributed by atoms with van der Waals surface area (Å²) in [6.07, 6.45) is 0.346. The molecule has 2 N–H and O–H groups in total. The lowest BCUT2D eigenvalue weighted by Gasteiger charge is -2.17. The first kappa shape index (κ1) is 16.5. The van der Waals surface area contributed by atoms with Crippen molar-refractivity contribution in [1.82, 2.24) is 4.37 Å². The molecular formula is C12H21N3O4S2. The first-order chi connectivity index (χ1) is 9.94. The molecule has 2 rings (SSSR count). The summed E-state index contributed by atoms with van der Waals surface area (Å²) in [6, 6.07) is 0. The van der Waals surface area contributed by atoms with E-state index in [-0.39, 0.29) is 28.7 Å². The molecule has 2 atom stereocenters. The lowest BCUT2D eigenvalue weighted by atomic mass is 10.3. The third-order valence-electron chi connectivity index (χ3n) is 3.55. The van der Waals surface area contributed by atoms with Gasteiger partial charge in [-0.05, 0) is 18.0 Å². The summed E-state index contributed by atoms with van der Waals surface area (Å²) in [4.78, 5) is 2.08. The fourth-order valence-corrected chi connectivity index (χ4v) is 5.29. The van der Waals surface area contributed by atoms with Crippen LogP contribution < -0.4 is 10.6 Å². The molecule has 1 aliphatic rings. The maximum atomic E-state index is 12.4. The average Bonchev–Trinajstić information content (AvgIpc) is 3.01. The van der Waals surface area contributed by atoms with Gasteiger partial charge in [0.2, 0.25) is 0 Å². The Morgan fingerprint density at radius 1 is 1.33 bits per heavy atom. The van der Waals surface area contributed by atoms with Gasteiger partial charge in [0, 0.05) is 27.3 Å². The van der Waals surface area contributed by atoms with Crippen molar-refractivity contribution in [3.63, 3.8) is 0 Å². The molecule has 0 aliphatic carbocycles. The van der Waals surface area contributed by atoms with E-state index in [9.17, 15) is 8.42 Å². The van der Waals surface area contributed by atoms with Crippen LogP contribution in [0.4, 0.5) is 10.8 Å². The highest BCUT2D eigenvalue weighted by atomic mass is 32.2. The van der Waals surface area contributed by atoms with Crippen molar-refractivity contribution >= 4 is 32.2 Å². The second kappa shape index (κ2) is 6.47. The van der Waals surface area contributed by atoms with Gasteiger partial charge in [0.15, 0.2) is 15.7 Å². The smallest absolute Gasteiger partial charge is 0.185 e. The minimum Gasteiger partial charge on any atom is -0.382 e. The van der Waals surface area contributed by atoms with Crippen LogP contribution in [0.25, 0.3) is 0 Å². The number of hydrogen-bond donors (Lipinski definition) is 1. The Bertz CT molecular complexity index is 575. The number of nitrogens with zero attached hydrogens (tertiary/aromatic N) is 2. The number of ether oxygens (including phenoxy) is 2. The summed E-state index contributed by atoms with van der Waals surface area (Å²) in [5, 5.41) is 0.586. The molecule has 0 saturated carbocycles. The topological polar surface area (TPSA) is 94.8 Å². The number of anilines is 2. The molecule has 21 heavy (non-hydrogen) atoms. The minimum absolute atomic E-state index is 0.0673. The van der Waals surface area contributed by atoms with Crippen LogP contribution in [0, 0.1) is 0 Å². The van der Waals surface area contributed by atoms with Gasteiger partial charge >= 0.3 is 0 Å². The van der Waals surface area contributed by atoms with Crippen LogP contribution in [0.5, 0.6) is 0 Å². The normalized spacial score (nSPS) is 22.9. The molecule has 0 amide bonds. The Labute approximate surface area is 129 Å². The molecule has 7 nitrogen and oxygen atoms in total. The van der Waals surface area contributed by atoms with E-state index < -0.39 is 9.84 Å². The van der Waals surface area contributed by atoms with Crippen LogP contribution in [-0.4, -0.2) is 58.1 Å². The molecule has 1 aromatic heterocycles. The molecule has 0 bridgehead atoms. The summed E-state index contributed by atoms with van der Waals surface area (Å²) in [5.41, 5.74) is 5.79. The number of sulfone groups is 1. The molecule has 0 spiro atoms. The molecule has 1 saturated heterocycles. The van der Waals surface area contributed by atoms with Gasteiger partial charge in [0.25, 0.3) is 0 Å². The molecule has 9 heteroatoms. The van der Waals surface area contributed by atoms with Gasteiger partial charge in [-0.15, -0.1) is 0 Å². The van der Waals surface area contributed by atoms with Crippen LogP contribution in [0.3, 0.4) is 0 Å². The zero-order chi connectivity index (χ0) is 15.6. The summed E-state index contributed by atoms with van der Waals surface area (Å²) >= 11 is 1.11. The van der Waals surface area contributed by atoms with Gasteiger partial charge in [-0.25, -0.2) is 8.42 Å². The molecule has 2 heterocycles. The monoisotopic (exact) mass is 335 g/mol. The molecule has 0 radical (unpaired) electrons. The Morgan fingerprint density at radius 2 is 1.90 bits per heavy atom. The molecule has 2 unspecified atom stereocenters. The second-order valence-corrected chi connectivity index (χ2v) is 7.77. The van der Waals surface area contributed by atoms with Crippen molar-refractivity contribution in [3.05, 3.63) is 0 Å². The molecule has 1 aromatic rings. The van der Waals surface area contributed by atoms with Gasteiger partial charge in [-0.2, -0.15) is 4.37 Å². The second-order valence-electron chi connectivity index (χ2n) is 4.97. The van der Waals surface area contributed by atoms with Crippen LogP contribution in [0.15, 0.2) is 4.90 Å². The first-order valence-corrected chi connectivity index (χ1v) is 9.15. The van der Waals surface area contributed by atoms with E-state index in [4.69, 9.17) is 15.2 Å². The molecular weight excluding hydrogens is 314 g/mol. The molecule has 0 aromatic carbocycles. The summed E-state index contributed by atoms with van der Waals surface area (Å²) in [7, 11) is -0.173. The van der Waals surface area contributed by atoms with Crippen LogP contribution >= 0.6 is 11.5 Å². The standard InChI is InChI=1S/C12H21N3O4S2/c1-4-5-21(16,17)10-11(13)14-20-12(10)15-6-8(18-2)9(7-15)19-3/h8-9H,4-7H2,1-3H3,(H2,13,14). The predicted molar refractivity (Wildman–Crippen MR) is 82.7 cm³/mol. The van der Waals surface area contributed by atoms with Crippen molar-refractivity contribution < 1.29 is 17.9 Å². The van der Waals surface area contributed by atoms with Crippen LogP contribution in [0.2, 0.25) is 0 Å². The predicted octanol–water partition coefficient (Wildman–Crippen LogP) is 0.759. The summed E-state index contributed by atoms with van der Waals surface area (Å²) < 4.78 is 39.6. The zero-order valence-electron chi connectivity index (χ0n) is 12.4. The first-order valence-electron chi connectivity index (χ1n) is 6.73. The molecule has 120 valence electrons. The fraction of sp³-hybridized carbons (Fsp3) is 0.750. The van der Waals surface area contributed by atoms with Gasteiger partial charge in [-0.3, -0.25) is 0 Å². The summed E-state index contributed by atoms with van der Waals surface area (Å²) in [5.74, 6) is 0.149. The van der Waals surface area contributed by atoms with Gasteiger partial charge in [-0.1, -0.05) is 6.92 Å². The van der Waals surface area contributed by atoms with E-state index in [1.807, 2.05) is 11.8 Å². The van der Waals surface area contributed by atoms with Crippen molar-refractivity contribution in [1.29, 1.82) is 0 Å². The fourth-order valence-electron chi connectivity index (χ4n) is 2.51. The third kappa shape index (κ3) is 3.15. The van der Waals surface area contributed by atoms with E-state index in [2.05, 4.69) is 4.37 Å². The minimum atomic E-state index is -3.41. The zero-order valence-corrected chi connectivity index (χ0v) is 14.0. The Hall–Kier alpha value is -0.900. The van der Waals surface area contributed by atoms with Crippen molar-refractivity contribution in [2.75, 3.05) is 43.7 Å². The molecule has 1 aliphatic heterocycles. The number of rotatable bonds is 6. The van der Waals surface area contributed by atoms with Crippen LogP contribution in [-0.2, 0) is 19.3 Å².